The highest BCUT2D eigenvalue weighted by atomic mass is 32.2. The van der Waals surface area contributed by atoms with Gasteiger partial charge >= 0.3 is 0 Å². The van der Waals surface area contributed by atoms with E-state index in [0.717, 1.165) is 5.75 Å². The first-order valence-corrected chi connectivity index (χ1v) is 3.98. The molecule has 0 aliphatic rings. The van der Waals surface area contributed by atoms with Crippen LogP contribution >= 0.6 is 11.8 Å². The molecule has 0 aromatic heterocycles. The zero-order valence-electron chi connectivity index (χ0n) is 5.18. The molecular weight excluding hydrogens is 118 g/mol. The van der Waals surface area contributed by atoms with E-state index in [0.29, 0.717) is 6.54 Å². The molecule has 0 heterocycles. The normalized spacial score (nSPS) is 8.50. The summed E-state index contributed by atoms with van der Waals surface area (Å²) in [4.78, 5) is 3.24. The van der Waals surface area contributed by atoms with E-state index in [1.165, 1.54) is 12.2 Å². The van der Waals surface area contributed by atoms with Gasteiger partial charge in [-0.2, -0.15) is 11.8 Å². The van der Waals surface area contributed by atoms with Crippen LogP contribution in [-0.4, -0.2) is 18.1 Å². The van der Waals surface area contributed by atoms with E-state index < -0.39 is 0 Å². The highest BCUT2D eigenvalue weighted by molar-refractivity contribution is 7.99. The predicted molar refractivity (Wildman–Crippen MR) is 39.1 cm³/mol. The lowest BCUT2D eigenvalue weighted by Gasteiger charge is -1.88. The van der Waals surface area contributed by atoms with Crippen molar-refractivity contribution in [3.8, 4) is 0 Å². The molecule has 2 heteroatoms. The molecule has 0 spiro atoms. The molecule has 0 aliphatic carbocycles. The van der Waals surface area contributed by atoms with Gasteiger partial charge in [0.15, 0.2) is 0 Å². The molecule has 0 atom stereocenters. The SMILES string of the molecule is [C-]#[N+]CCSCCC. The van der Waals surface area contributed by atoms with E-state index in [9.17, 15) is 0 Å². The molecule has 0 rings (SSSR count). The van der Waals surface area contributed by atoms with Crippen molar-refractivity contribution in [3.05, 3.63) is 11.4 Å². The van der Waals surface area contributed by atoms with Crippen molar-refractivity contribution >= 4 is 11.8 Å². The van der Waals surface area contributed by atoms with Gasteiger partial charge in [-0.25, -0.2) is 6.57 Å². The van der Waals surface area contributed by atoms with Crippen LogP contribution in [0.25, 0.3) is 4.85 Å². The second-order valence-electron chi connectivity index (χ2n) is 1.49. The third kappa shape index (κ3) is 5.84. The van der Waals surface area contributed by atoms with Crippen LogP contribution in [0.5, 0.6) is 0 Å². The van der Waals surface area contributed by atoms with Crippen LogP contribution in [-0.2, 0) is 0 Å². The zero-order valence-corrected chi connectivity index (χ0v) is 6.00. The summed E-state index contributed by atoms with van der Waals surface area (Å²) in [7, 11) is 0. The highest BCUT2D eigenvalue weighted by Gasteiger charge is 1.85. The van der Waals surface area contributed by atoms with E-state index in [1.807, 2.05) is 11.8 Å². The topological polar surface area (TPSA) is 4.36 Å². The van der Waals surface area contributed by atoms with Gasteiger partial charge in [0.05, 0.1) is 5.75 Å². The van der Waals surface area contributed by atoms with E-state index in [1.54, 1.807) is 0 Å². The Morgan fingerprint density at radius 2 is 2.25 bits per heavy atom. The first-order chi connectivity index (χ1) is 3.91. The zero-order chi connectivity index (χ0) is 6.24. The van der Waals surface area contributed by atoms with Gasteiger partial charge in [-0.3, -0.25) is 0 Å². The minimum absolute atomic E-state index is 0.685. The average Bonchev–Trinajstić information content (AvgIpc) is 1.81. The van der Waals surface area contributed by atoms with Crippen LogP contribution in [0.2, 0.25) is 0 Å². The molecular formula is C6H11NS. The summed E-state index contributed by atoms with van der Waals surface area (Å²) in [5.41, 5.74) is 0. The third-order valence-corrected chi connectivity index (χ3v) is 1.86. The van der Waals surface area contributed by atoms with Gasteiger partial charge in [0.25, 0.3) is 0 Å². The summed E-state index contributed by atoms with van der Waals surface area (Å²) in [5.74, 6) is 2.22. The van der Waals surface area contributed by atoms with E-state index in [-0.39, 0.29) is 0 Å². The van der Waals surface area contributed by atoms with Crippen molar-refractivity contribution in [1.82, 2.24) is 0 Å². The standard InChI is InChI=1S/C6H11NS/c1-3-5-8-6-4-7-2/h3-6H2,1H3. The van der Waals surface area contributed by atoms with Gasteiger partial charge in [-0.1, -0.05) is 6.92 Å². The first kappa shape index (κ1) is 7.84. The van der Waals surface area contributed by atoms with Crippen molar-refractivity contribution in [2.45, 2.75) is 13.3 Å². The van der Waals surface area contributed by atoms with Crippen LogP contribution in [0.1, 0.15) is 13.3 Å². The number of rotatable bonds is 4. The molecule has 8 heavy (non-hydrogen) atoms. The lowest BCUT2D eigenvalue weighted by molar-refractivity contribution is 1.10. The Bertz CT molecular complexity index is 75.1. The quantitative estimate of drug-likeness (QED) is 0.415. The lowest BCUT2D eigenvalue weighted by Crippen LogP contribution is -1.82. The molecule has 0 aromatic carbocycles. The van der Waals surface area contributed by atoms with Gasteiger partial charge in [-0.15, -0.1) is 0 Å². The monoisotopic (exact) mass is 129 g/mol. The predicted octanol–water partition coefficient (Wildman–Crippen LogP) is 2.05. The summed E-state index contributed by atoms with van der Waals surface area (Å²) >= 11 is 1.86. The van der Waals surface area contributed by atoms with E-state index in [2.05, 4.69) is 11.8 Å². The molecule has 46 valence electrons. The summed E-state index contributed by atoms with van der Waals surface area (Å²) in [6.07, 6.45) is 1.22. The lowest BCUT2D eigenvalue weighted by atomic mass is 10.6. The number of thioether (sulfide) groups is 1. The largest absolute Gasteiger partial charge is 0.316 e. The van der Waals surface area contributed by atoms with Gasteiger partial charge in [0, 0.05) is 0 Å². The van der Waals surface area contributed by atoms with E-state index in [4.69, 9.17) is 6.57 Å². The van der Waals surface area contributed by atoms with Gasteiger partial charge < -0.3 is 4.85 Å². The van der Waals surface area contributed by atoms with Gasteiger partial charge in [0.1, 0.15) is 0 Å². The van der Waals surface area contributed by atoms with E-state index >= 15 is 0 Å². The Labute approximate surface area is 55.3 Å². The van der Waals surface area contributed by atoms with Crippen LogP contribution in [0.3, 0.4) is 0 Å². The Morgan fingerprint density at radius 3 is 2.75 bits per heavy atom. The summed E-state index contributed by atoms with van der Waals surface area (Å²) in [6.45, 7) is 9.29. The fraction of sp³-hybridized carbons (Fsp3) is 0.833. The highest BCUT2D eigenvalue weighted by Crippen LogP contribution is 2.00. The van der Waals surface area contributed by atoms with Crippen molar-refractivity contribution in [2.24, 2.45) is 0 Å². The summed E-state index contributed by atoms with van der Waals surface area (Å²) in [6, 6.07) is 0. The van der Waals surface area contributed by atoms with Crippen LogP contribution in [0.4, 0.5) is 0 Å². The molecule has 0 amide bonds. The molecule has 0 bridgehead atoms. The molecule has 0 saturated carbocycles. The smallest absolute Gasteiger partial charge is 0.223 e. The van der Waals surface area contributed by atoms with Crippen molar-refractivity contribution < 1.29 is 0 Å². The first-order valence-electron chi connectivity index (χ1n) is 2.82. The molecule has 0 unspecified atom stereocenters. The summed E-state index contributed by atoms with van der Waals surface area (Å²) < 4.78 is 0. The van der Waals surface area contributed by atoms with Gasteiger partial charge in [0.2, 0.25) is 6.54 Å². The molecule has 0 aromatic rings. The van der Waals surface area contributed by atoms with Crippen molar-refractivity contribution in [2.75, 3.05) is 18.1 Å². The minimum atomic E-state index is 0.685. The molecule has 0 radical (unpaired) electrons. The Balaban J connectivity index is 2.65. The maximum absolute atomic E-state index is 6.45. The molecule has 0 saturated heterocycles. The Hall–Kier alpha value is -0.160. The summed E-state index contributed by atoms with van der Waals surface area (Å²) in [5, 5.41) is 0. The molecule has 0 fully saturated rings. The van der Waals surface area contributed by atoms with Crippen LogP contribution < -0.4 is 0 Å². The third-order valence-electron chi connectivity index (χ3n) is 0.696. The number of hydrogen-bond donors (Lipinski definition) is 0. The van der Waals surface area contributed by atoms with Gasteiger partial charge in [-0.05, 0) is 12.2 Å². The average molecular weight is 129 g/mol. The number of hydrogen-bond acceptors (Lipinski definition) is 1. The second kappa shape index (κ2) is 6.84. The second-order valence-corrected chi connectivity index (χ2v) is 2.72. The molecule has 0 N–H and O–H groups in total. The Kier molecular flexibility index (Phi) is 6.70. The Morgan fingerprint density at radius 1 is 1.50 bits per heavy atom. The maximum Gasteiger partial charge on any atom is 0.223 e. The molecule has 1 nitrogen and oxygen atoms in total. The van der Waals surface area contributed by atoms with Crippen molar-refractivity contribution in [3.63, 3.8) is 0 Å². The minimum Gasteiger partial charge on any atom is -0.316 e. The fourth-order valence-electron chi connectivity index (χ4n) is 0.357. The van der Waals surface area contributed by atoms with Crippen LogP contribution in [0.15, 0.2) is 0 Å². The van der Waals surface area contributed by atoms with Crippen LogP contribution in [0, 0.1) is 6.57 Å². The number of nitrogens with zero attached hydrogens (tertiary/aromatic N) is 1. The fourth-order valence-corrected chi connectivity index (χ4v) is 1.07. The maximum atomic E-state index is 6.45. The van der Waals surface area contributed by atoms with Crippen molar-refractivity contribution in [1.29, 1.82) is 0 Å². The molecule has 0 aliphatic heterocycles.